The maximum absolute atomic E-state index is 12.3. The minimum Gasteiger partial charge on any atom is -0.468 e. The molecule has 1 N–H and O–H groups in total. The van der Waals surface area contributed by atoms with E-state index in [0.29, 0.717) is 21.7 Å². The van der Waals surface area contributed by atoms with Crippen molar-refractivity contribution >= 4 is 40.9 Å². The number of likely N-dealkylation sites (N-methyl/N-ethyl adjacent to an activating group) is 1. The van der Waals surface area contributed by atoms with Gasteiger partial charge in [0.1, 0.15) is 5.54 Å². The summed E-state index contributed by atoms with van der Waals surface area (Å²) in [5.74, 6) is 0.787. The van der Waals surface area contributed by atoms with E-state index in [1.807, 2.05) is 19.1 Å². The monoisotopic (exact) mass is 347 g/mol. The average molecular weight is 348 g/mol. The minimum absolute atomic E-state index is 0.181. The first-order valence-electron chi connectivity index (χ1n) is 6.94. The highest BCUT2D eigenvalue weighted by Crippen LogP contribution is 2.43. The molecular formula is C15H19Cl2NO2S. The summed E-state index contributed by atoms with van der Waals surface area (Å²) in [4.78, 5) is 13.3. The summed E-state index contributed by atoms with van der Waals surface area (Å²) >= 11 is 13.6. The molecule has 1 unspecified atom stereocenters. The number of thioether (sulfide) groups is 1. The number of halogens is 2. The Morgan fingerprint density at radius 3 is 2.67 bits per heavy atom. The highest BCUT2D eigenvalue weighted by molar-refractivity contribution is 7.99. The number of esters is 1. The molecule has 0 radical (unpaired) electrons. The molecule has 0 amide bonds. The topological polar surface area (TPSA) is 38.3 Å². The molecule has 1 aromatic carbocycles. The Morgan fingerprint density at radius 1 is 1.43 bits per heavy atom. The van der Waals surface area contributed by atoms with Crippen molar-refractivity contribution in [1.82, 2.24) is 5.32 Å². The van der Waals surface area contributed by atoms with Crippen LogP contribution in [0.2, 0.25) is 10.0 Å². The molecule has 0 saturated heterocycles. The van der Waals surface area contributed by atoms with Gasteiger partial charge in [-0.25, -0.2) is 0 Å². The molecule has 1 atom stereocenters. The maximum atomic E-state index is 12.3. The second-order valence-electron chi connectivity index (χ2n) is 5.13. The summed E-state index contributed by atoms with van der Waals surface area (Å²) in [6, 6.07) is 5.52. The van der Waals surface area contributed by atoms with E-state index in [9.17, 15) is 4.79 Å². The third-order valence-electron chi connectivity index (χ3n) is 3.67. The molecule has 2 rings (SSSR count). The highest BCUT2D eigenvalue weighted by atomic mass is 35.5. The summed E-state index contributed by atoms with van der Waals surface area (Å²) in [5, 5.41) is 4.41. The van der Waals surface area contributed by atoms with Gasteiger partial charge in [0, 0.05) is 10.6 Å². The van der Waals surface area contributed by atoms with Gasteiger partial charge in [0.15, 0.2) is 0 Å². The van der Waals surface area contributed by atoms with E-state index in [0.717, 1.165) is 24.3 Å². The lowest BCUT2D eigenvalue weighted by atomic mass is 9.95. The number of carbonyl (C=O) groups excluding carboxylic acids is 1. The molecular weight excluding hydrogens is 329 g/mol. The lowest BCUT2D eigenvalue weighted by Gasteiger charge is -2.31. The van der Waals surface area contributed by atoms with Crippen LogP contribution >= 0.6 is 35.0 Å². The number of carbonyl (C=O) groups is 1. The molecule has 21 heavy (non-hydrogen) atoms. The molecule has 1 aliphatic carbocycles. The molecule has 3 nitrogen and oxygen atoms in total. The summed E-state index contributed by atoms with van der Waals surface area (Å²) in [7, 11) is 1.45. The Labute approximate surface area is 139 Å². The fourth-order valence-electron chi connectivity index (χ4n) is 2.45. The first-order valence-corrected chi connectivity index (χ1v) is 8.69. The van der Waals surface area contributed by atoms with Crippen LogP contribution in [-0.2, 0) is 9.53 Å². The van der Waals surface area contributed by atoms with Crippen molar-refractivity contribution in [3.05, 3.63) is 28.2 Å². The Hall–Kier alpha value is -0.420. The molecule has 0 aromatic heterocycles. The zero-order chi connectivity index (χ0) is 15.5. The van der Waals surface area contributed by atoms with E-state index in [-0.39, 0.29) is 5.97 Å². The third-order valence-corrected chi connectivity index (χ3v) is 5.60. The van der Waals surface area contributed by atoms with Crippen LogP contribution in [0.15, 0.2) is 23.1 Å². The van der Waals surface area contributed by atoms with Gasteiger partial charge < -0.3 is 10.1 Å². The van der Waals surface area contributed by atoms with Crippen molar-refractivity contribution in [3.63, 3.8) is 0 Å². The summed E-state index contributed by atoms with van der Waals surface area (Å²) in [6.45, 7) is 2.73. The van der Waals surface area contributed by atoms with Crippen LogP contribution in [-0.4, -0.2) is 30.9 Å². The van der Waals surface area contributed by atoms with Crippen molar-refractivity contribution in [2.45, 2.75) is 30.2 Å². The molecule has 6 heteroatoms. The highest BCUT2D eigenvalue weighted by Gasteiger charge is 2.51. The van der Waals surface area contributed by atoms with Crippen molar-refractivity contribution in [3.8, 4) is 0 Å². The molecule has 116 valence electrons. The molecule has 0 bridgehead atoms. The Bertz CT molecular complexity index is 522. The van der Waals surface area contributed by atoms with E-state index < -0.39 is 5.54 Å². The standard InChI is InChI=1S/C15H19Cl2NO2S/c1-3-18-15(10-4-5-10,14(19)20-2)9-21-11-6-7-12(16)13(17)8-11/h6-8,10,18H,3-5,9H2,1-2H3. The predicted molar refractivity (Wildman–Crippen MR) is 88.3 cm³/mol. The number of nitrogens with one attached hydrogen (secondary N) is 1. The predicted octanol–water partition coefficient (Wildman–Crippen LogP) is 4.02. The number of ether oxygens (including phenoxy) is 1. The first kappa shape index (κ1) is 16.9. The van der Waals surface area contributed by atoms with Crippen molar-refractivity contribution in [2.24, 2.45) is 5.92 Å². The van der Waals surface area contributed by atoms with Gasteiger partial charge in [-0.05, 0) is 43.5 Å². The zero-order valence-corrected chi connectivity index (χ0v) is 14.4. The Balaban J connectivity index is 2.14. The van der Waals surface area contributed by atoms with Crippen molar-refractivity contribution < 1.29 is 9.53 Å². The van der Waals surface area contributed by atoms with Gasteiger partial charge in [-0.2, -0.15) is 0 Å². The summed E-state index contributed by atoms with van der Waals surface area (Å²) in [6.07, 6.45) is 2.12. The minimum atomic E-state index is -0.611. The lowest BCUT2D eigenvalue weighted by Crippen LogP contribution is -2.56. The molecule has 1 aromatic rings. The van der Waals surface area contributed by atoms with Gasteiger partial charge in [-0.1, -0.05) is 30.1 Å². The Kier molecular flexibility index (Phi) is 5.83. The van der Waals surface area contributed by atoms with Crippen LogP contribution < -0.4 is 5.32 Å². The normalized spacial score (nSPS) is 17.3. The molecule has 1 saturated carbocycles. The van der Waals surface area contributed by atoms with E-state index in [4.69, 9.17) is 27.9 Å². The average Bonchev–Trinajstić information content (AvgIpc) is 3.31. The zero-order valence-electron chi connectivity index (χ0n) is 12.1. The maximum Gasteiger partial charge on any atom is 0.327 e. The van der Waals surface area contributed by atoms with Crippen LogP contribution in [0.4, 0.5) is 0 Å². The Morgan fingerprint density at radius 2 is 2.14 bits per heavy atom. The number of hydrogen-bond acceptors (Lipinski definition) is 4. The largest absolute Gasteiger partial charge is 0.468 e. The van der Waals surface area contributed by atoms with Gasteiger partial charge in [0.2, 0.25) is 0 Å². The molecule has 0 spiro atoms. The third kappa shape index (κ3) is 3.86. The van der Waals surface area contributed by atoms with Crippen LogP contribution in [0.1, 0.15) is 19.8 Å². The van der Waals surface area contributed by atoms with Crippen LogP contribution in [0.25, 0.3) is 0 Å². The fourth-order valence-corrected chi connectivity index (χ4v) is 4.03. The second-order valence-corrected chi connectivity index (χ2v) is 7.00. The number of hydrogen-bond donors (Lipinski definition) is 1. The van der Waals surface area contributed by atoms with E-state index in [1.54, 1.807) is 17.8 Å². The van der Waals surface area contributed by atoms with Gasteiger partial charge in [-0.15, -0.1) is 11.8 Å². The molecule has 0 aliphatic heterocycles. The van der Waals surface area contributed by atoms with E-state index in [1.165, 1.54) is 7.11 Å². The van der Waals surface area contributed by atoms with Gasteiger partial charge in [0.25, 0.3) is 0 Å². The quantitative estimate of drug-likeness (QED) is 0.597. The van der Waals surface area contributed by atoms with Crippen molar-refractivity contribution in [2.75, 3.05) is 19.4 Å². The smallest absolute Gasteiger partial charge is 0.327 e. The summed E-state index contributed by atoms with van der Waals surface area (Å²) < 4.78 is 5.04. The van der Waals surface area contributed by atoms with E-state index >= 15 is 0 Å². The van der Waals surface area contributed by atoms with Crippen LogP contribution in [0.5, 0.6) is 0 Å². The van der Waals surface area contributed by atoms with E-state index in [2.05, 4.69) is 5.32 Å². The molecule has 1 aliphatic rings. The van der Waals surface area contributed by atoms with Gasteiger partial charge in [0.05, 0.1) is 17.2 Å². The van der Waals surface area contributed by atoms with Crippen LogP contribution in [0, 0.1) is 5.92 Å². The van der Waals surface area contributed by atoms with Crippen molar-refractivity contribution in [1.29, 1.82) is 0 Å². The fraction of sp³-hybridized carbons (Fsp3) is 0.533. The summed E-state index contributed by atoms with van der Waals surface area (Å²) in [5.41, 5.74) is -0.611. The van der Waals surface area contributed by atoms with Gasteiger partial charge in [-0.3, -0.25) is 4.79 Å². The van der Waals surface area contributed by atoms with Crippen LogP contribution in [0.3, 0.4) is 0 Å². The number of rotatable bonds is 7. The number of benzene rings is 1. The first-order chi connectivity index (χ1) is 10.0. The second kappa shape index (κ2) is 7.23. The lowest BCUT2D eigenvalue weighted by molar-refractivity contribution is -0.148. The SMILES string of the molecule is CCNC(CSc1ccc(Cl)c(Cl)c1)(C(=O)OC)C1CC1. The van der Waals surface area contributed by atoms with Gasteiger partial charge >= 0.3 is 5.97 Å². The molecule has 1 fully saturated rings. The molecule has 0 heterocycles. The number of methoxy groups -OCH3 is 1.